The summed E-state index contributed by atoms with van der Waals surface area (Å²) in [6.07, 6.45) is 0. The Morgan fingerprint density at radius 3 is 2.47 bits per heavy atom. The molecule has 0 spiro atoms. The van der Waals surface area contributed by atoms with Crippen LogP contribution in [0.2, 0.25) is 8.67 Å². The van der Waals surface area contributed by atoms with Gasteiger partial charge in [0.2, 0.25) is 0 Å². The normalized spacial score (nSPS) is 12.5. The van der Waals surface area contributed by atoms with Gasteiger partial charge in [0.25, 0.3) is 0 Å². The Balaban J connectivity index is 2.42. The highest BCUT2D eigenvalue weighted by atomic mass is 35.5. The van der Waals surface area contributed by atoms with Gasteiger partial charge in [0.05, 0.1) is 21.8 Å². The van der Waals surface area contributed by atoms with E-state index in [2.05, 4.69) is 11.4 Å². The number of hydrogen-bond donors (Lipinski definition) is 1. The number of methoxy groups -OCH3 is 1. The second-order valence-corrected chi connectivity index (χ2v) is 6.52. The third-order valence-corrected chi connectivity index (χ3v) is 4.55. The molecule has 102 valence electrons. The van der Waals surface area contributed by atoms with E-state index in [1.165, 1.54) is 11.3 Å². The first kappa shape index (κ1) is 14.7. The Hall–Kier alpha value is -0.740. The van der Waals surface area contributed by atoms with Gasteiger partial charge in [0, 0.05) is 5.56 Å². The Labute approximate surface area is 127 Å². The molecule has 0 fully saturated rings. The molecule has 1 heterocycles. The summed E-state index contributed by atoms with van der Waals surface area (Å²) >= 11 is 13.6. The molecule has 0 amide bonds. The Bertz CT molecular complexity index is 583. The standard InChI is InChI=1S/C14H15Cl2NOS/c1-8-6-9(4-5-11(8)18-3)13(17-2)10-7-12(15)19-14(10)16/h4-7,13,17H,1-3H3. The Morgan fingerprint density at radius 2 is 2.00 bits per heavy atom. The number of benzene rings is 1. The van der Waals surface area contributed by atoms with E-state index in [1.807, 2.05) is 32.2 Å². The highest BCUT2D eigenvalue weighted by molar-refractivity contribution is 7.20. The molecule has 1 N–H and O–H groups in total. The lowest BCUT2D eigenvalue weighted by Gasteiger charge is -2.17. The first-order valence-electron chi connectivity index (χ1n) is 5.83. The van der Waals surface area contributed by atoms with Crippen LogP contribution in [0.25, 0.3) is 0 Å². The van der Waals surface area contributed by atoms with Gasteiger partial charge in [-0.25, -0.2) is 0 Å². The molecule has 1 unspecified atom stereocenters. The quantitative estimate of drug-likeness (QED) is 0.884. The summed E-state index contributed by atoms with van der Waals surface area (Å²) < 4.78 is 6.70. The third-order valence-electron chi connectivity index (χ3n) is 3.03. The van der Waals surface area contributed by atoms with Crippen molar-refractivity contribution in [3.05, 3.63) is 49.6 Å². The molecule has 0 aliphatic heterocycles. The first-order chi connectivity index (χ1) is 9.06. The number of aryl methyl sites for hydroxylation is 1. The van der Waals surface area contributed by atoms with Crippen molar-refractivity contribution in [2.75, 3.05) is 14.2 Å². The van der Waals surface area contributed by atoms with Crippen molar-refractivity contribution < 1.29 is 4.74 Å². The lowest BCUT2D eigenvalue weighted by atomic mass is 9.99. The highest BCUT2D eigenvalue weighted by Gasteiger charge is 2.18. The van der Waals surface area contributed by atoms with Crippen molar-refractivity contribution in [3.63, 3.8) is 0 Å². The van der Waals surface area contributed by atoms with Crippen LogP contribution in [-0.4, -0.2) is 14.2 Å². The van der Waals surface area contributed by atoms with Gasteiger partial charge in [-0.2, -0.15) is 0 Å². The summed E-state index contributed by atoms with van der Waals surface area (Å²) in [6, 6.07) is 8.05. The fraction of sp³-hybridized carbons (Fsp3) is 0.286. The zero-order valence-corrected chi connectivity index (χ0v) is 13.3. The average Bonchev–Trinajstić information content (AvgIpc) is 2.70. The van der Waals surface area contributed by atoms with Crippen LogP contribution in [0.15, 0.2) is 24.3 Å². The summed E-state index contributed by atoms with van der Waals surface area (Å²) in [5.41, 5.74) is 3.23. The zero-order valence-electron chi connectivity index (χ0n) is 11.0. The van der Waals surface area contributed by atoms with Crippen LogP contribution in [0.1, 0.15) is 22.7 Å². The molecule has 0 saturated heterocycles. The summed E-state index contributed by atoms with van der Waals surface area (Å²) in [4.78, 5) is 0. The number of thiophene rings is 1. The maximum atomic E-state index is 6.24. The number of hydrogen-bond acceptors (Lipinski definition) is 3. The van der Waals surface area contributed by atoms with Gasteiger partial charge in [-0.15, -0.1) is 11.3 Å². The van der Waals surface area contributed by atoms with E-state index in [9.17, 15) is 0 Å². The first-order valence-corrected chi connectivity index (χ1v) is 7.40. The van der Waals surface area contributed by atoms with E-state index in [0.29, 0.717) is 4.34 Å². The van der Waals surface area contributed by atoms with E-state index >= 15 is 0 Å². The van der Waals surface area contributed by atoms with Crippen molar-refractivity contribution in [1.82, 2.24) is 5.32 Å². The fourth-order valence-corrected chi connectivity index (χ4v) is 3.66. The molecule has 0 aliphatic carbocycles. The molecule has 2 nitrogen and oxygen atoms in total. The predicted octanol–water partition coefficient (Wildman–Crippen LogP) is 4.68. The van der Waals surface area contributed by atoms with Crippen LogP contribution in [0.4, 0.5) is 0 Å². The summed E-state index contributed by atoms with van der Waals surface area (Å²) in [5.74, 6) is 0.882. The van der Waals surface area contributed by atoms with Crippen LogP contribution in [0, 0.1) is 6.92 Å². The van der Waals surface area contributed by atoms with Crippen molar-refractivity contribution in [1.29, 1.82) is 0 Å². The molecule has 0 radical (unpaired) electrons. The minimum atomic E-state index is 0.0286. The number of halogens is 2. The molecule has 0 saturated carbocycles. The van der Waals surface area contributed by atoms with Crippen LogP contribution < -0.4 is 10.1 Å². The molecular formula is C14H15Cl2NOS. The Kier molecular flexibility index (Phi) is 4.74. The van der Waals surface area contributed by atoms with Crippen LogP contribution >= 0.6 is 34.5 Å². The van der Waals surface area contributed by atoms with Crippen molar-refractivity contribution in [3.8, 4) is 5.75 Å². The summed E-state index contributed by atoms with van der Waals surface area (Å²) in [6.45, 7) is 2.03. The SMILES string of the molecule is CNC(c1ccc(OC)c(C)c1)c1cc(Cl)sc1Cl. The van der Waals surface area contributed by atoms with E-state index < -0.39 is 0 Å². The van der Waals surface area contributed by atoms with E-state index in [1.54, 1.807) is 7.11 Å². The fourth-order valence-electron chi connectivity index (χ4n) is 2.13. The van der Waals surface area contributed by atoms with Gasteiger partial charge in [-0.05, 0) is 37.2 Å². The van der Waals surface area contributed by atoms with E-state index in [0.717, 1.165) is 26.8 Å². The monoisotopic (exact) mass is 315 g/mol. The maximum Gasteiger partial charge on any atom is 0.121 e. The van der Waals surface area contributed by atoms with Gasteiger partial charge < -0.3 is 10.1 Å². The highest BCUT2D eigenvalue weighted by Crippen LogP contribution is 2.38. The van der Waals surface area contributed by atoms with Gasteiger partial charge >= 0.3 is 0 Å². The third kappa shape index (κ3) is 3.06. The second-order valence-electron chi connectivity index (χ2n) is 4.23. The van der Waals surface area contributed by atoms with Gasteiger partial charge in [-0.1, -0.05) is 35.3 Å². The topological polar surface area (TPSA) is 21.3 Å². The predicted molar refractivity (Wildman–Crippen MR) is 83.0 cm³/mol. The van der Waals surface area contributed by atoms with Crippen molar-refractivity contribution in [2.45, 2.75) is 13.0 Å². The molecule has 1 atom stereocenters. The van der Waals surface area contributed by atoms with Crippen molar-refractivity contribution in [2.24, 2.45) is 0 Å². The summed E-state index contributed by atoms with van der Waals surface area (Å²) in [5, 5.41) is 3.28. The number of nitrogens with one attached hydrogen (secondary N) is 1. The van der Waals surface area contributed by atoms with Gasteiger partial charge in [0.1, 0.15) is 5.75 Å². The van der Waals surface area contributed by atoms with Crippen molar-refractivity contribution >= 4 is 34.5 Å². The Morgan fingerprint density at radius 1 is 1.26 bits per heavy atom. The molecule has 19 heavy (non-hydrogen) atoms. The lowest BCUT2D eigenvalue weighted by Crippen LogP contribution is -2.17. The van der Waals surface area contributed by atoms with E-state index in [-0.39, 0.29) is 6.04 Å². The average molecular weight is 316 g/mol. The maximum absolute atomic E-state index is 6.24. The van der Waals surface area contributed by atoms with E-state index in [4.69, 9.17) is 27.9 Å². The molecule has 5 heteroatoms. The van der Waals surface area contributed by atoms with Gasteiger partial charge in [-0.3, -0.25) is 0 Å². The molecular weight excluding hydrogens is 301 g/mol. The lowest BCUT2D eigenvalue weighted by molar-refractivity contribution is 0.411. The van der Waals surface area contributed by atoms with Crippen LogP contribution in [-0.2, 0) is 0 Å². The molecule has 0 aliphatic rings. The molecule has 2 rings (SSSR count). The molecule has 2 aromatic rings. The minimum Gasteiger partial charge on any atom is -0.496 e. The van der Waals surface area contributed by atoms with Gasteiger partial charge in [0.15, 0.2) is 0 Å². The summed E-state index contributed by atoms with van der Waals surface area (Å²) in [7, 11) is 3.58. The molecule has 1 aromatic heterocycles. The molecule has 1 aromatic carbocycles. The van der Waals surface area contributed by atoms with Crippen LogP contribution in [0.5, 0.6) is 5.75 Å². The zero-order chi connectivity index (χ0) is 14.0. The minimum absolute atomic E-state index is 0.0286. The number of ether oxygens (including phenoxy) is 1. The second kappa shape index (κ2) is 6.14. The van der Waals surface area contributed by atoms with Crippen LogP contribution in [0.3, 0.4) is 0 Å². The smallest absolute Gasteiger partial charge is 0.121 e. The number of rotatable bonds is 4. The largest absolute Gasteiger partial charge is 0.496 e. The molecule has 0 bridgehead atoms.